The molecule has 4 nitrogen and oxygen atoms in total. The summed E-state index contributed by atoms with van der Waals surface area (Å²) in [5.74, 6) is 0. The minimum Gasteiger partial charge on any atom is -0.328 e. The Bertz CT molecular complexity index is 769. The van der Waals surface area contributed by atoms with E-state index >= 15 is 0 Å². The zero-order valence-electron chi connectivity index (χ0n) is 11.5. The van der Waals surface area contributed by atoms with Crippen LogP contribution in [-0.4, -0.2) is 20.6 Å². The molecule has 0 aliphatic heterocycles. The zero-order valence-corrected chi connectivity index (χ0v) is 13.1. The third kappa shape index (κ3) is 3.20. The Morgan fingerprint density at radius 2 is 2.14 bits per heavy atom. The Labute approximate surface area is 132 Å². The number of benzene rings is 1. The van der Waals surface area contributed by atoms with Gasteiger partial charge in [-0.05, 0) is 54.9 Å². The van der Waals surface area contributed by atoms with Crippen molar-refractivity contribution >= 4 is 29.0 Å². The van der Waals surface area contributed by atoms with Gasteiger partial charge in [0.05, 0.1) is 0 Å². The fraction of sp³-hybridized carbons (Fsp3) is 0.200. The Morgan fingerprint density at radius 3 is 2.90 bits per heavy atom. The molecule has 0 radical (unpaired) electrons. The molecule has 108 valence electrons. The SMILES string of the molecule is CC(N)Cc1ccc(Sc2nnc3ccccn23)cc1Cl. The Balaban J connectivity index is 1.86. The Kier molecular flexibility index (Phi) is 4.14. The highest BCUT2D eigenvalue weighted by atomic mass is 35.5. The number of aromatic nitrogens is 3. The van der Waals surface area contributed by atoms with Crippen molar-refractivity contribution in [1.82, 2.24) is 14.6 Å². The molecule has 1 aromatic carbocycles. The molecule has 2 heterocycles. The van der Waals surface area contributed by atoms with Crippen molar-refractivity contribution in [2.24, 2.45) is 5.73 Å². The second kappa shape index (κ2) is 6.05. The van der Waals surface area contributed by atoms with E-state index in [0.717, 1.165) is 32.7 Å². The molecule has 6 heteroatoms. The van der Waals surface area contributed by atoms with Crippen molar-refractivity contribution in [3.8, 4) is 0 Å². The van der Waals surface area contributed by atoms with Crippen LogP contribution in [-0.2, 0) is 6.42 Å². The quantitative estimate of drug-likeness (QED) is 0.800. The summed E-state index contributed by atoms with van der Waals surface area (Å²) in [7, 11) is 0. The molecular formula is C15H15ClN4S. The molecule has 0 saturated carbocycles. The van der Waals surface area contributed by atoms with Crippen LogP contribution in [0.5, 0.6) is 0 Å². The molecule has 0 spiro atoms. The average Bonchev–Trinajstić information content (AvgIpc) is 2.85. The maximum atomic E-state index is 6.32. The molecule has 0 fully saturated rings. The number of pyridine rings is 1. The third-order valence-corrected chi connectivity index (χ3v) is 4.36. The number of fused-ring (bicyclic) bond motifs is 1. The highest BCUT2D eigenvalue weighted by Crippen LogP contribution is 2.30. The van der Waals surface area contributed by atoms with E-state index in [2.05, 4.69) is 10.2 Å². The third-order valence-electron chi connectivity index (χ3n) is 3.06. The molecule has 2 N–H and O–H groups in total. The topological polar surface area (TPSA) is 56.2 Å². The average molecular weight is 319 g/mol. The molecule has 2 aromatic heterocycles. The second-order valence-electron chi connectivity index (χ2n) is 4.95. The first-order valence-corrected chi connectivity index (χ1v) is 7.84. The number of hydrogen-bond donors (Lipinski definition) is 1. The van der Waals surface area contributed by atoms with E-state index in [1.54, 1.807) is 0 Å². The van der Waals surface area contributed by atoms with E-state index in [-0.39, 0.29) is 6.04 Å². The molecule has 0 saturated heterocycles. The summed E-state index contributed by atoms with van der Waals surface area (Å²) in [5, 5.41) is 9.90. The second-order valence-corrected chi connectivity index (χ2v) is 6.40. The van der Waals surface area contributed by atoms with Gasteiger partial charge in [0.15, 0.2) is 10.8 Å². The van der Waals surface area contributed by atoms with Crippen molar-refractivity contribution in [1.29, 1.82) is 0 Å². The lowest BCUT2D eigenvalue weighted by molar-refractivity contribution is 0.738. The van der Waals surface area contributed by atoms with Crippen LogP contribution in [0.4, 0.5) is 0 Å². The summed E-state index contributed by atoms with van der Waals surface area (Å²) in [6, 6.07) is 11.9. The van der Waals surface area contributed by atoms with Crippen molar-refractivity contribution < 1.29 is 0 Å². The summed E-state index contributed by atoms with van der Waals surface area (Å²) in [5.41, 5.74) is 7.72. The van der Waals surface area contributed by atoms with E-state index in [1.165, 1.54) is 11.8 Å². The van der Waals surface area contributed by atoms with Crippen LogP contribution in [0.3, 0.4) is 0 Å². The number of nitrogens with two attached hydrogens (primary N) is 1. The van der Waals surface area contributed by atoms with Gasteiger partial charge < -0.3 is 5.73 Å². The van der Waals surface area contributed by atoms with E-state index in [9.17, 15) is 0 Å². The predicted octanol–water partition coefficient (Wildman–Crippen LogP) is 3.42. The van der Waals surface area contributed by atoms with Gasteiger partial charge in [-0.3, -0.25) is 4.40 Å². The lowest BCUT2D eigenvalue weighted by Crippen LogP contribution is -2.17. The first kappa shape index (κ1) is 14.4. The van der Waals surface area contributed by atoms with Gasteiger partial charge in [-0.2, -0.15) is 0 Å². The number of rotatable bonds is 4. The van der Waals surface area contributed by atoms with Crippen LogP contribution in [0.1, 0.15) is 12.5 Å². The van der Waals surface area contributed by atoms with Gasteiger partial charge in [0.2, 0.25) is 0 Å². The van der Waals surface area contributed by atoms with E-state index in [1.807, 2.05) is 53.9 Å². The summed E-state index contributed by atoms with van der Waals surface area (Å²) in [4.78, 5) is 1.03. The van der Waals surface area contributed by atoms with Crippen molar-refractivity contribution in [3.05, 3.63) is 53.2 Å². The first-order valence-electron chi connectivity index (χ1n) is 6.65. The molecule has 0 bridgehead atoms. The van der Waals surface area contributed by atoms with Crippen molar-refractivity contribution in [2.45, 2.75) is 29.4 Å². The van der Waals surface area contributed by atoms with Gasteiger partial charge in [-0.1, -0.05) is 23.7 Å². The predicted molar refractivity (Wildman–Crippen MR) is 85.9 cm³/mol. The fourth-order valence-corrected chi connectivity index (χ4v) is 3.28. The molecule has 3 aromatic rings. The smallest absolute Gasteiger partial charge is 0.200 e. The van der Waals surface area contributed by atoms with Gasteiger partial charge in [-0.15, -0.1) is 10.2 Å². The van der Waals surface area contributed by atoms with Crippen LogP contribution >= 0.6 is 23.4 Å². The number of halogens is 1. The number of hydrogen-bond acceptors (Lipinski definition) is 4. The first-order chi connectivity index (χ1) is 10.1. The van der Waals surface area contributed by atoms with Gasteiger partial charge in [0.25, 0.3) is 0 Å². The van der Waals surface area contributed by atoms with E-state index in [4.69, 9.17) is 17.3 Å². The maximum Gasteiger partial charge on any atom is 0.200 e. The van der Waals surface area contributed by atoms with E-state index in [0.29, 0.717) is 0 Å². The zero-order chi connectivity index (χ0) is 14.8. The van der Waals surface area contributed by atoms with Gasteiger partial charge in [0.1, 0.15) is 0 Å². The molecule has 1 unspecified atom stereocenters. The Hall–Kier alpha value is -1.56. The minimum atomic E-state index is 0.0986. The lowest BCUT2D eigenvalue weighted by Gasteiger charge is -2.08. The standard InChI is InChI=1S/C15H15ClN4S/c1-10(17)8-11-5-6-12(9-13(11)16)21-15-19-18-14-4-2-3-7-20(14)15/h2-7,9-10H,8,17H2,1H3. The lowest BCUT2D eigenvalue weighted by atomic mass is 10.1. The molecule has 3 rings (SSSR count). The van der Waals surface area contributed by atoms with Crippen molar-refractivity contribution in [2.75, 3.05) is 0 Å². The fourth-order valence-electron chi connectivity index (χ4n) is 2.10. The maximum absolute atomic E-state index is 6.32. The van der Waals surface area contributed by atoms with Crippen LogP contribution < -0.4 is 5.73 Å². The molecule has 0 aliphatic rings. The largest absolute Gasteiger partial charge is 0.328 e. The highest BCUT2D eigenvalue weighted by Gasteiger charge is 2.09. The highest BCUT2D eigenvalue weighted by molar-refractivity contribution is 7.99. The molecule has 21 heavy (non-hydrogen) atoms. The van der Waals surface area contributed by atoms with Crippen molar-refractivity contribution in [3.63, 3.8) is 0 Å². The summed E-state index contributed by atoms with van der Waals surface area (Å²) < 4.78 is 1.95. The van der Waals surface area contributed by atoms with Crippen LogP contribution in [0.2, 0.25) is 5.02 Å². The van der Waals surface area contributed by atoms with Crippen LogP contribution in [0.25, 0.3) is 5.65 Å². The summed E-state index contributed by atoms with van der Waals surface area (Å²) in [6.45, 7) is 1.97. The molecule has 0 amide bonds. The Morgan fingerprint density at radius 1 is 1.29 bits per heavy atom. The normalized spacial score (nSPS) is 12.7. The summed E-state index contributed by atoms with van der Waals surface area (Å²) in [6.07, 6.45) is 2.72. The van der Waals surface area contributed by atoms with Gasteiger partial charge in [0, 0.05) is 22.2 Å². The van der Waals surface area contributed by atoms with E-state index < -0.39 is 0 Å². The monoisotopic (exact) mass is 318 g/mol. The summed E-state index contributed by atoms with van der Waals surface area (Å²) >= 11 is 7.86. The molecule has 0 aliphatic carbocycles. The molecular weight excluding hydrogens is 304 g/mol. The number of nitrogens with zero attached hydrogens (tertiary/aromatic N) is 3. The minimum absolute atomic E-state index is 0.0986. The molecule has 1 atom stereocenters. The van der Waals surface area contributed by atoms with Gasteiger partial charge in [-0.25, -0.2) is 0 Å². The van der Waals surface area contributed by atoms with Crippen LogP contribution in [0.15, 0.2) is 52.6 Å². The van der Waals surface area contributed by atoms with Crippen LogP contribution in [0, 0.1) is 0 Å². The van der Waals surface area contributed by atoms with Gasteiger partial charge >= 0.3 is 0 Å².